The Morgan fingerprint density at radius 2 is 1.61 bits per heavy atom. The van der Waals surface area contributed by atoms with Gasteiger partial charge in [0.15, 0.2) is 5.11 Å². The van der Waals surface area contributed by atoms with Gasteiger partial charge in [-0.15, -0.1) is 0 Å². The number of halogens is 1. The van der Waals surface area contributed by atoms with Crippen LogP contribution in [-0.4, -0.2) is 14.7 Å². The van der Waals surface area contributed by atoms with Crippen LogP contribution in [0.25, 0.3) is 5.69 Å². The van der Waals surface area contributed by atoms with E-state index in [4.69, 9.17) is 23.8 Å². The highest BCUT2D eigenvalue weighted by Gasteiger charge is 2.42. The molecular weight excluding hydrogens is 424 g/mol. The quantitative estimate of drug-likeness (QED) is 0.391. The molecule has 154 valence electrons. The Hall–Kier alpha value is -3.15. The molecule has 0 spiro atoms. The van der Waals surface area contributed by atoms with Crippen molar-refractivity contribution in [3.05, 3.63) is 113 Å². The number of nitrogens with one attached hydrogen (secondary N) is 1. The molecule has 1 fully saturated rings. The largest absolute Gasteiger partial charge is 0.351 e. The Morgan fingerprint density at radius 1 is 0.871 bits per heavy atom. The molecule has 2 atom stereocenters. The third-order valence-electron chi connectivity index (χ3n) is 5.63. The molecule has 0 bridgehead atoms. The summed E-state index contributed by atoms with van der Waals surface area (Å²) in [6.07, 6.45) is 1.82. The highest BCUT2D eigenvalue weighted by Crippen LogP contribution is 2.42. The van der Waals surface area contributed by atoms with Crippen molar-refractivity contribution in [1.82, 2.24) is 14.9 Å². The Morgan fingerprint density at radius 3 is 2.32 bits per heavy atom. The smallest absolute Gasteiger partial charge is 0.174 e. The van der Waals surface area contributed by atoms with Crippen LogP contribution >= 0.6 is 23.8 Å². The molecule has 1 N–H and O–H groups in total. The van der Waals surface area contributed by atoms with Gasteiger partial charge in [-0.05, 0) is 79.8 Å². The maximum atomic E-state index is 6.16. The number of anilines is 1. The van der Waals surface area contributed by atoms with Gasteiger partial charge in [0.05, 0.1) is 11.7 Å². The fourth-order valence-electron chi connectivity index (χ4n) is 4.25. The molecule has 4 nitrogen and oxygen atoms in total. The van der Waals surface area contributed by atoms with Crippen LogP contribution in [0.3, 0.4) is 0 Å². The summed E-state index contributed by atoms with van der Waals surface area (Å²) in [6, 6.07) is 28.3. The van der Waals surface area contributed by atoms with Crippen LogP contribution in [0.5, 0.6) is 0 Å². The lowest BCUT2D eigenvalue weighted by Crippen LogP contribution is -2.30. The zero-order valence-electron chi connectivity index (χ0n) is 16.9. The van der Waals surface area contributed by atoms with Gasteiger partial charge in [0.2, 0.25) is 0 Å². The van der Waals surface area contributed by atoms with E-state index in [0.717, 1.165) is 28.5 Å². The molecule has 0 aliphatic carbocycles. The molecule has 5 rings (SSSR count). The minimum atomic E-state index is -0.0962. The maximum Gasteiger partial charge on any atom is 0.174 e. The van der Waals surface area contributed by atoms with E-state index in [0.29, 0.717) is 10.1 Å². The zero-order valence-corrected chi connectivity index (χ0v) is 18.5. The molecule has 0 unspecified atom stereocenters. The van der Waals surface area contributed by atoms with E-state index in [1.54, 1.807) is 0 Å². The Bertz CT molecular complexity index is 1210. The lowest BCUT2D eigenvalue weighted by molar-refractivity contribution is 0.548. The molecule has 1 aliphatic rings. The number of hydrogen-bond acceptors (Lipinski definition) is 2. The summed E-state index contributed by atoms with van der Waals surface area (Å²) < 4.78 is 2.29. The number of nitrogens with zero attached hydrogens (tertiary/aromatic N) is 3. The van der Waals surface area contributed by atoms with Crippen molar-refractivity contribution in [2.75, 3.05) is 4.90 Å². The second-order valence-corrected chi connectivity index (χ2v) is 8.37. The van der Waals surface area contributed by atoms with Crippen LogP contribution in [0.4, 0.5) is 5.69 Å². The predicted octanol–water partition coefficient (Wildman–Crippen LogP) is 6.01. The highest BCUT2D eigenvalue weighted by molar-refractivity contribution is 7.80. The predicted molar refractivity (Wildman–Crippen MR) is 130 cm³/mol. The highest BCUT2D eigenvalue weighted by atomic mass is 35.5. The molecule has 2 aromatic heterocycles. The second kappa shape index (κ2) is 8.17. The van der Waals surface area contributed by atoms with E-state index in [-0.39, 0.29) is 12.1 Å². The van der Waals surface area contributed by atoms with Gasteiger partial charge in [-0.2, -0.15) is 0 Å². The van der Waals surface area contributed by atoms with E-state index in [1.165, 1.54) is 0 Å². The van der Waals surface area contributed by atoms with Crippen molar-refractivity contribution in [3.8, 4) is 5.69 Å². The molecule has 2 aromatic carbocycles. The minimum Gasteiger partial charge on any atom is -0.351 e. The lowest BCUT2D eigenvalue weighted by atomic mass is 10.0. The van der Waals surface area contributed by atoms with Crippen LogP contribution in [0.1, 0.15) is 29.2 Å². The SMILES string of the molecule is Cc1ccc([C@@H]2[C@H](c3ccccn3)NC(=S)N2c2ccc(Cl)cc2)n1-c1ccccc1. The average molecular weight is 445 g/mol. The van der Waals surface area contributed by atoms with Crippen molar-refractivity contribution in [2.24, 2.45) is 0 Å². The third kappa shape index (κ3) is 3.60. The molecule has 6 heteroatoms. The third-order valence-corrected chi connectivity index (χ3v) is 6.19. The van der Waals surface area contributed by atoms with Crippen LogP contribution in [0, 0.1) is 6.92 Å². The van der Waals surface area contributed by atoms with E-state index in [1.807, 2.05) is 54.7 Å². The van der Waals surface area contributed by atoms with Crippen molar-refractivity contribution < 1.29 is 0 Å². The van der Waals surface area contributed by atoms with Crippen molar-refractivity contribution in [3.63, 3.8) is 0 Å². The summed E-state index contributed by atoms with van der Waals surface area (Å²) in [5.74, 6) is 0. The standard InChI is InChI=1S/C25H21ClN4S/c1-17-10-15-22(29(17)19-7-3-2-4-8-19)24-23(21-9-5-6-16-27-21)28-25(31)30(24)20-13-11-18(26)12-14-20/h2-16,23-24H,1H3,(H,28,31)/t23-,24+/m0/s1. The maximum absolute atomic E-state index is 6.16. The van der Waals surface area contributed by atoms with Gasteiger partial charge < -0.3 is 14.8 Å². The lowest BCUT2D eigenvalue weighted by Gasteiger charge is -2.29. The number of hydrogen-bond donors (Lipinski definition) is 1. The van der Waals surface area contributed by atoms with Gasteiger partial charge in [0.1, 0.15) is 6.04 Å². The number of thiocarbonyl (C=S) groups is 1. The molecule has 0 amide bonds. The molecule has 1 saturated heterocycles. The fraction of sp³-hybridized carbons (Fsp3) is 0.120. The van der Waals surface area contributed by atoms with Crippen molar-refractivity contribution >= 4 is 34.6 Å². The minimum absolute atomic E-state index is 0.0857. The molecular formula is C25H21ClN4S. The van der Waals surface area contributed by atoms with E-state index >= 15 is 0 Å². The Kier molecular flexibility index (Phi) is 5.22. The van der Waals surface area contributed by atoms with Gasteiger partial charge in [0.25, 0.3) is 0 Å². The number of aryl methyl sites for hydroxylation is 1. The van der Waals surface area contributed by atoms with E-state index in [9.17, 15) is 0 Å². The molecule has 4 aromatic rings. The first-order valence-corrected chi connectivity index (χ1v) is 10.9. The molecule has 0 radical (unpaired) electrons. The van der Waals surface area contributed by atoms with Crippen molar-refractivity contribution in [1.29, 1.82) is 0 Å². The van der Waals surface area contributed by atoms with Gasteiger partial charge in [-0.1, -0.05) is 35.9 Å². The first-order chi connectivity index (χ1) is 15.1. The second-order valence-electron chi connectivity index (χ2n) is 7.54. The number of benzene rings is 2. The summed E-state index contributed by atoms with van der Waals surface area (Å²) in [4.78, 5) is 6.81. The topological polar surface area (TPSA) is 33.1 Å². The Balaban J connectivity index is 1.70. The van der Waals surface area contributed by atoms with Gasteiger partial charge in [-0.3, -0.25) is 4.98 Å². The Labute approximate surface area is 192 Å². The normalized spacial score (nSPS) is 18.3. The number of pyridine rings is 1. The average Bonchev–Trinajstić information content (AvgIpc) is 3.35. The number of rotatable bonds is 4. The first kappa shape index (κ1) is 19.8. The molecule has 31 heavy (non-hydrogen) atoms. The van der Waals surface area contributed by atoms with E-state index in [2.05, 4.69) is 63.1 Å². The monoisotopic (exact) mass is 444 g/mol. The van der Waals surface area contributed by atoms with Gasteiger partial charge in [-0.25, -0.2) is 0 Å². The molecule has 1 aliphatic heterocycles. The molecule has 0 saturated carbocycles. The molecule has 3 heterocycles. The van der Waals surface area contributed by atoms with Gasteiger partial charge >= 0.3 is 0 Å². The van der Waals surface area contributed by atoms with Gasteiger partial charge in [0, 0.05) is 34.0 Å². The summed E-state index contributed by atoms with van der Waals surface area (Å²) in [5, 5.41) is 4.88. The number of para-hydroxylation sites is 1. The summed E-state index contributed by atoms with van der Waals surface area (Å²) >= 11 is 12.0. The summed E-state index contributed by atoms with van der Waals surface area (Å²) in [5.41, 5.74) is 5.36. The summed E-state index contributed by atoms with van der Waals surface area (Å²) in [6.45, 7) is 2.12. The van der Waals surface area contributed by atoms with Crippen molar-refractivity contribution in [2.45, 2.75) is 19.0 Å². The first-order valence-electron chi connectivity index (χ1n) is 10.1. The zero-order chi connectivity index (χ0) is 21.4. The number of aromatic nitrogens is 2. The van der Waals surface area contributed by atoms with Crippen LogP contribution in [0.2, 0.25) is 5.02 Å². The fourth-order valence-corrected chi connectivity index (χ4v) is 4.73. The van der Waals surface area contributed by atoms with Crippen LogP contribution in [-0.2, 0) is 0 Å². The van der Waals surface area contributed by atoms with E-state index < -0.39 is 0 Å². The van der Waals surface area contributed by atoms with Crippen LogP contribution < -0.4 is 10.2 Å². The van der Waals surface area contributed by atoms with Crippen LogP contribution in [0.15, 0.2) is 91.1 Å². The summed E-state index contributed by atoms with van der Waals surface area (Å²) in [7, 11) is 0.